The number of carbonyl (C=O) groups excluding carboxylic acids is 2. The van der Waals surface area contributed by atoms with Crippen LogP contribution in [0.25, 0.3) is 5.57 Å². The lowest BCUT2D eigenvalue weighted by Crippen LogP contribution is -2.40. The molecular weight excluding hydrogens is 392 g/mol. The third kappa shape index (κ3) is 3.51. The van der Waals surface area contributed by atoms with Crippen LogP contribution in [0.5, 0.6) is 5.75 Å². The Labute approximate surface area is 182 Å². The van der Waals surface area contributed by atoms with Gasteiger partial charge in [-0.1, -0.05) is 42.5 Å². The van der Waals surface area contributed by atoms with E-state index >= 15 is 0 Å². The van der Waals surface area contributed by atoms with Gasteiger partial charge in [-0.3, -0.25) is 14.5 Å². The van der Waals surface area contributed by atoms with Crippen molar-refractivity contribution < 1.29 is 19.1 Å². The van der Waals surface area contributed by atoms with Crippen molar-refractivity contribution in [2.24, 2.45) is 0 Å². The van der Waals surface area contributed by atoms with Crippen molar-refractivity contribution in [3.8, 4) is 5.75 Å². The normalized spacial score (nSPS) is 21.1. The SMILES string of the molecule is COc1ccccc1C1=C(N2CCc3ccccc3C2)C(=O)N(CC2CCCO2)C1=O. The highest BCUT2D eigenvalue weighted by atomic mass is 16.5. The van der Waals surface area contributed by atoms with E-state index in [-0.39, 0.29) is 17.9 Å². The number of carbonyl (C=O) groups is 2. The molecule has 0 aromatic heterocycles. The molecule has 2 aromatic rings. The number of rotatable bonds is 5. The van der Waals surface area contributed by atoms with Crippen molar-refractivity contribution >= 4 is 17.4 Å². The number of methoxy groups -OCH3 is 1. The van der Waals surface area contributed by atoms with Gasteiger partial charge in [-0.2, -0.15) is 0 Å². The zero-order valence-electron chi connectivity index (χ0n) is 17.7. The van der Waals surface area contributed by atoms with Gasteiger partial charge in [0, 0.05) is 25.3 Å². The summed E-state index contributed by atoms with van der Waals surface area (Å²) in [6, 6.07) is 15.7. The molecule has 0 bridgehead atoms. The van der Waals surface area contributed by atoms with Gasteiger partial charge in [0.1, 0.15) is 11.4 Å². The van der Waals surface area contributed by atoms with Crippen LogP contribution in [-0.2, 0) is 27.3 Å². The summed E-state index contributed by atoms with van der Waals surface area (Å²) >= 11 is 0. The van der Waals surface area contributed by atoms with Crippen molar-refractivity contribution in [2.75, 3.05) is 26.8 Å². The van der Waals surface area contributed by atoms with Crippen LogP contribution in [0.15, 0.2) is 54.2 Å². The second-order valence-corrected chi connectivity index (χ2v) is 8.22. The van der Waals surface area contributed by atoms with E-state index in [2.05, 4.69) is 17.0 Å². The highest BCUT2D eigenvalue weighted by Gasteiger charge is 2.44. The average Bonchev–Trinajstić information content (AvgIpc) is 3.41. The molecule has 6 heteroatoms. The number of hydrogen-bond acceptors (Lipinski definition) is 5. The summed E-state index contributed by atoms with van der Waals surface area (Å²) in [4.78, 5) is 30.6. The smallest absolute Gasteiger partial charge is 0.277 e. The molecule has 0 saturated carbocycles. The first-order chi connectivity index (χ1) is 15.2. The van der Waals surface area contributed by atoms with Crippen molar-refractivity contribution in [1.82, 2.24) is 9.80 Å². The Balaban J connectivity index is 1.57. The van der Waals surface area contributed by atoms with Crippen LogP contribution >= 0.6 is 0 Å². The minimum Gasteiger partial charge on any atom is -0.496 e. The van der Waals surface area contributed by atoms with Crippen LogP contribution in [0.3, 0.4) is 0 Å². The van der Waals surface area contributed by atoms with Crippen molar-refractivity contribution in [1.29, 1.82) is 0 Å². The second-order valence-electron chi connectivity index (χ2n) is 8.22. The maximum absolute atomic E-state index is 13.6. The fraction of sp³-hybridized carbons (Fsp3) is 0.360. The number of amides is 2. The molecule has 1 unspecified atom stereocenters. The molecule has 0 N–H and O–H groups in total. The fourth-order valence-electron chi connectivity index (χ4n) is 4.79. The zero-order valence-corrected chi connectivity index (χ0v) is 17.7. The summed E-state index contributed by atoms with van der Waals surface area (Å²) in [6.45, 7) is 2.28. The molecule has 0 spiro atoms. The number of nitrogens with zero attached hydrogens (tertiary/aromatic N) is 2. The van der Waals surface area contributed by atoms with E-state index in [9.17, 15) is 9.59 Å². The van der Waals surface area contributed by atoms with Gasteiger partial charge in [-0.25, -0.2) is 0 Å². The molecule has 31 heavy (non-hydrogen) atoms. The Morgan fingerprint density at radius 1 is 1.03 bits per heavy atom. The predicted octanol–water partition coefficient (Wildman–Crippen LogP) is 3.01. The monoisotopic (exact) mass is 418 g/mol. The summed E-state index contributed by atoms with van der Waals surface area (Å²) < 4.78 is 11.3. The number of imide groups is 1. The highest BCUT2D eigenvalue weighted by molar-refractivity contribution is 6.36. The van der Waals surface area contributed by atoms with Gasteiger partial charge in [0.25, 0.3) is 11.8 Å². The van der Waals surface area contributed by atoms with Crippen molar-refractivity contribution in [2.45, 2.75) is 31.9 Å². The lowest BCUT2D eigenvalue weighted by atomic mass is 9.97. The van der Waals surface area contributed by atoms with E-state index in [4.69, 9.17) is 9.47 Å². The molecule has 3 aliphatic rings. The molecule has 0 radical (unpaired) electrons. The Morgan fingerprint density at radius 2 is 1.81 bits per heavy atom. The van der Waals surface area contributed by atoms with E-state index in [1.807, 2.05) is 36.4 Å². The second kappa shape index (κ2) is 8.19. The number of para-hydroxylation sites is 1. The lowest BCUT2D eigenvalue weighted by Gasteiger charge is -2.31. The first kappa shape index (κ1) is 19.8. The first-order valence-electron chi connectivity index (χ1n) is 10.8. The molecular formula is C25H26N2O4. The summed E-state index contributed by atoms with van der Waals surface area (Å²) in [6.07, 6.45) is 2.58. The van der Waals surface area contributed by atoms with Crippen LogP contribution in [0.4, 0.5) is 0 Å². The molecule has 2 aromatic carbocycles. The summed E-state index contributed by atoms with van der Waals surface area (Å²) in [7, 11) is 1.58. The minimum atomic E-state index is -0.265. The Bertz CT molecular complexity index is 1050. The molecule has 160 valence electrons. The predicted molar refractivity (Wildman–Crippen MR) is 116 cm³/mol. The number of hydrogen-bond donors (Lipinski definition) is 0. The number of benzene rings is 2. The molecule has 1 atom stereocenters. The first-order valence-corrected chi connectivity index (χ1v) is 10.8. The largest absolute Gasteiger partial charge is 0.496 e. The number of ether oxygens (including phenoxy) is 2. The van der Waals surface area contributed by atoms with Crippen LogP contribution < -0.4 is 4.74 Å². The van der Waals surface area contributed by atoms with Gasteiger partial charge in [-0.15, -0.1) is 0 Å². The van der Waals surface area contributed by atoms with Crippen molar-refractivity contribution in [3.63, 3.8) is 0 Å². The van der Waals surface area contributed by atoms with Gasteiger partial charge in [0.05, 0.1) is 25.3 Å². The van der Waals surface area contributed by atoms with E-state index in [1.165, 1.54) is 16.0 Å². The van der Waals surface area contributed by atoms with E-state index < -0.39 is 0 Å². The summed E-state index contributed by atoms with van der Waals surface area (Å²) in [5.41, 5.74) is 4.05. The van der Waals surface area contributed by atoms with Gasteiger partial charge >= 0.3 is 0 Å². The standard InChI is InChI=1S/C25H26N2O4/c1-30-21-11-5-4-10-20(21)22-23(26-13-12-17-7-2-3-8-18(17)15-26)25(29)27(24(22)28)16-19-9-6-14-31-19/h2-5,7-8,10-11,19H,6,9,12-16H2,1H3. The zero-order chi connectivity index (χ0) is 21.4. The maximum atomic E-state index is 13.6. The van der Waals surface area contributed by atoms with E-state index in [0.29, 0.717) is 48.8 Å². The van der Waals surface area contributed by atoms with Crippen LogP contribution in [0.1, 0.15) is 29.5 Å². The molecule has 6 nitrogen and oxygen atoms in total. The summed E-state index contributed by atoms with van der Waals surface area (Å²) in [5, 5.41) is 0. The Kier molecular flexibility index (Phi) is 5.24. The lowest BCUT2D eigenvalue weighted by molar-refractivity contribution is -0.139. The Morgan fingerprint density at radius 3 is 2.58 bits per heavy atom. The molecule has 1 fully saturated rings. The van der Waals surface area contributed by atoms with Crippen LogP contribution in [0, 0.1) is 0 Å². The van der Waals surface area contributed by atoms with Crippen molar-refractivity contribution in [3.05, 3.63) is 70.9 Å². The molecule has 3 aliphatic heterocycles. The molecule has 5 rings (SSSR count). The van der Waals surface area contributed by atoms with E-state index in [1.54, 1.807) is 7.11 Å². The third-order valence-corrected chi connectivity index (χ3v) is 6.38. The fourth-order valence-corrected chi connectivity index (χ4v) is 4.79. The van der Waals surface area contributed by atoms with Gasteiger partial charge in [0.15, 0.2) is 0 Å². The minimum absolute atomic E-state index is 0.0896. The molecule has 0 aliphatic carbocycles. The van der Waals surface area contributed by atoms with Gasteiger partial charge in [0.2, 0.25) is 0 Å². The number of fused-ring (bicyclic) bond motifs is 1. The maximum Gasteiger partial charge on any atom is 0.277 e. The van der Waals surface area contributed by atoms with Crippen LogP contribution in [0.2, 0.25) is 0 Å². The summed E-state index contributed by atoms with van der Waals surface area (Å²) in [5.74, 6) is 0.0900. The Hall–Kier alpha value is -3.12. The quantitative estimate of drug-likeness (QED) is 0.699. The molecule has 1 saturated heterocycles. The van der Waals surface area contributed by atoms with Gasteiger partial charge in [-0.05, 0) is 36.5 Å². The van der Waals surface area contributed by atoms with E-state index in [0.717, 1.165) is 19.3 Å². The highest BCUT2D eigenvalue weighted by Crippen LogP contribution is 2.38. The third-order valence-electron chi connectivity index (χ3n) is 6.38. The average molecular weight is 418 g/mol. The van der Waals surface area contributed by atoms with Crippen LogP contribution in [-0.4, -0.2) is 54.5 Å². The topological polar surface area (TPSA) is 59.1 Å². The molecule has 2 amide bonds. The molecule has 3 heterocycles. The van der Waals surface area contributed by atoms with Gasteiger partial charge < -0.3 is 14.4 Å².